The highest BCUT2D eigenvalue weighted by molar-refractivity contribution is 5.76. The van der Waals surface area contributed by atoms with E-state index >= 15 is 0 Å². The Kier molecular flexibility index (Phi) is 11.6. The molecule has 6 heteroatoms. The smallest absolute Gasteiger partial charge is 0.307 e. The predicted molar refractivity (Wildman–Crippen MR) is 130 cm³/mol. The van der Waals surface area contributed by atoms with E-state index in [1.54, 1.807) is 6.92 Å². The van der Waals surface area contributed by atoms with Crippen LogP contribution >= 0.6 is 0 Å². The lowest BCUT2D eigenvalue weighted by atomic mass is 9.87. The van der Waals surface area contributed by atoms with Gasteiger partial charge in [-0.3, -0.25) is 9.59 Å². The number of unbranched alkanes of at least 4 members (excludes halogenated alkanes) is 2. The van der Waals surface area contributed by atoms with Crippen LogP contribution in [-0.4, -0.2) is 46.9 Å². The monoisotopic (exact) mass is 463 g/mol. The van der Waals surface area contributed by atoms with Crippen molar-refractivity contribution in [3.8, 4) is 0 Å². The third-order valence-electron chi connectivity index (χ3n) is 7.04. The highest BCUT2D eigenvalue weighted by Gasteiger charge is 2.43. The molecule has 0 radical (unpaired) electrons. The van der Waals surface area contributed by atoms with Crippen LogP contribution in [0.5, 0.6) is 0 Å². The van der Waals surface area contributed by atoms with E-state index in [0.29, 0.717) is 37.8 Å². The molecular formula is C27H45NO5. The van der Waals surface area contributed by atoms with Gasteiger partial charge in [0.15, 0.2) is 0 Å². The number of fused-ring (bicyclic) bond motifs is 1. The van der Waals surface area contributed by atoms with Crippen LogP contribution in [0, 0.1) is 17.8 Å². The summed E-state index contributed by atoms with van der Waals surface area (Å²) in [6.07, 6.45) is 15.2. The lowest BCUT2D eigenvalue weighted by molar-refractivity contribution is -0.143. The minimum Gasteiger partial charge on any atom is -0.466 e. The SMILES string of the molecule is CCCC[C@](C)(O)CC=C[C@@H]1[C@H]2CC(CCCCC(=O)NCCC(=O)OCC)=C[C@H]2C[C@H]1O. The average molecular weight is 464 g/mol. The summed E-state index contributed by atoms with van der Waals surface area (Å²) in [5.74, 6) is 0.765. The maximum Gasteiger partial charge on any atom is 0.307 e. The van der Waals surface area contributed by atoms with Crippen molar-refractivity contribution in [3.63, 3.8) is 0 Å². The van der Waals surface area contributed by atoms with Gasteiger partial charge in [0.1, 0.15) is 0 Å². The normalized spacial score (nSPS) is 26.2. The number of nitrogens with one attached hydrogen (secondary N) is 1. The van der Waals surface area contributed by atoms with E-state index in [1.165, 1.54) is 5.57 Å². The van der Waals surface area contributed by atoms with Gasteiger partial charge in [0, 0.05) is 18.9 Å². The van der Waals surface area contributed by atoms with E-state index in [4.69, 9.17) is 4.74 Å². The maximum absolute atomic E-state index is 11.9. The van der Waals surface area contributed by atoms with Crippen molar-refractivity contribution in [1.29, 1.82) is 0 Å². The van der Waals surface area contributed by atoms with Gasteiger partial charge in [-0.05, 0) is 70.6 Å². The molecule has 0 aromatic carbocycles. The van der Waals surface area contributed by atoms with Crippen molar-refractivity contribution in [1.82, 2.24) is 5.32 Å². The molecule has 3 N–H and O–H groups in total. The van der Waals surface area contributed by atoms with E-state index in [9.17, 15) is 19.8 Å². The van der Waals surface area contributed by atoms with Gasteiger partial charge in [0.05, 0.1) is 24.7 Å². The average Bonchev–Trinajstić information content (AvgIpc) is 3.27. The molecule has 5 atom stereocenters. The minimum atomic E-state index is -0.667. The molecule has 6 nitrogen and oxygen atoms in total. The zero-order valence-electron chi connectivity index (χ0n) is 20.9. The lowest BCUT2D eigenvalue weighted by Crippen LogP contribution is -2.26. The highest BCUT2D eigenvalue weighted by atomic mass is 16.5. The Balaban J connectivity index is 1.67. The quantitative estimate of drug-likeness (QED) is 0.189. The van der Waals surface area contributed by atoms with E-state index in [1.807, 2.05) is 6.92 Å². The van der Waals surface area contributed by atoms with E-state index in [-0.39, 0.29) is 30.3 Å². The number of carbonyl (C=O) groups excluding carboxylic acids is 2. The van der Waals surface area contributed by atoms with Crippen LogP contribution in [0.1, 0.15) is 91.4 Å². The van der Waals surface area contributed by atoms with Gasteiger partial charge in [0.25, 0.3) is 0 Å². The number of aliphatic hydroxyl groups is 2. The molecule has 0 heterocycles. The van der Waals surface area contributed by atoms with Crippen molar-refractivity contribution in [3.05, 3.63) is 23.8 Å². The number of hydrogen-bond acceptors (Lipinski definition) is 5. The van der Waals surface area contributed by atoms with Gasteiger partial charge in [0.2, 0.25) is 5.91 Å². The molecule has 2 aliphatic rings. The summed E-state index contributed by atoms with van der Waals surface area (Å²) >= 11 is 0. The number of allylic oxidation sites excluding steroid dienone is 2. The molecular weight excluding hydrogens is 418 g/mol. The molecule has 33 heavy (non-hydrogen) atoms. The second-order valence-electron chi connectivity index (χ2n) is 10.1. The van der Waals surface area contributed by atoms with Crippen molar-refractivity contribution in [2.75, 3.05) is 13.2 Å². The Hall–Kier alpha value is -1.66. The second kappa shape index (κ2) is 13.9. The summed E-state index contributed by atoms with van der Waals surface area (Å²) < 4.78 is 4.85. The summed E-state index contributed by atoms with van der Waals surface area (Å²) in [5.41, 5.74) is 0.785. The Bertz CT molecular complexity index is 684. The summed E-state index contributed by atoms with van der Waals surface area (Å²) in [6.45, 7) is 6.49. The number of esters is 1. The largest absolute Gasteiger partial charge is 0.466 e. The summed E-state index contributed by atoms with van der Waals surface area (Å²) in [7, 11) is 0. The lowest BCUT2D eigenvalue weighted by Gasteiger charge is -2.22. The van der Waals surface area contributed by atoms with Gasteiger partial charge in [-0.25, -0.2) is 0 Å². The Morgan fingerprint density at radius 1 is 1.24 bits per heavy atom. The number of aliphatic hydroxyl groups excluding tert-OH is 1. The molecule has 0 saturated heterocycles. The summed E-state index contributed by atoms with van der Waals surface area (Å²) in [6, 6.07) is 0. The van der Waals surface area contributed by atoms with Crippen LogP contribution in [0.4, 0.5) is 0 Å². The van der Waals surface area contributed by atoms with Gasteiger partial charge in [-0.15, -0.1) is 0 Å². The molecule has 2 aliphatic carbocycles. The van der Waals surface area contributed by atoms with Crippen molar-refractivity contribution in [2.45, 2.75) is 103 Å². The van der Waals surface area contributed by atoms with E-state index in [0.717, 1.165) is 51.4 Å². The Morgan fingerprint density at radius 2 is 2.03 bits per heavy atom. The zero-order chi connectivity index (χ0) is 24.3. The number of amides is 1. The minimum absolute atomic E-state index is 0.0142. The molecule has 1 fully saturated rings. The highest BCUT2D eigenvalue weighted by Crippen LogP contribution is 2.48. The first-order valence-corrected chi connectivity index (χ1v) is 12.9. The van der Waals surface area contributed by atoms with Crippen LogP contribution in [0.25, 0.3) is 0 Å². The van der Waals surface area contributed by atoms with Gasteiger partial charge < -0.3 is 20.3 Å². The van der Waals surface area contributed by atoms with Gasteiger partial charge in [-0.1, -0.05) is 43.6 Å². The first kappa shape index (κ1) is 27.6. The fourth-order valence-corrected chi connectivity index (χ4v) is 5.19. The third-order valence-corrected chi connectivity index (χ3v) is 7.04. The zero-order valence-corrected chi connectivity index (χ0v) is 20.9. The molecule has 0 aliphatic heterocycles. The first-order chi connectivity index (χ1) is 15.8. The van der Waals surface area contributed by atoms with Crippen LogP contribution in [-0.2, 0) is 14.3 Å². The van der Waals surface area contributed by atoms with Crippen molar-refractivity contribution in [2.24, 2.45) is 17.8 Å². The number of ether oxygens (including phenoxy) is 1. The number of carbonyl (C=O) groups is 2. The van der Waals surface area contributed by atoms with Crippen LogP contribution in [0.15, 0.2) is 23.8 Å². The molecule has 0 aromatic rings. The molecule has 1 amide bonds. The molecule has 0 aromatic heterocycles. The molecule has 0 spiro atoms. The summed E-state index contributed by atoms with van der Waals surface area (Å²) in [4.78, 5) is 23.2. The first-order valence-electron chi connectivity index (χ1n) is 12.9. The predicted octanol–water partition coefficient (Wildman–Crippen LogP) is 4.45. The van der Waals surface area contributed by atoms with Crippen molar-refractivity contribution >= 4 is 11.9 Å². The van der Waals surface area contributed by atoms with E-state index in [2.05, 4.69) is 30.5 Å². The molecule has 0 unspecified atom stereocenters. The molecule has 0 bridgehead atoms. The maximum atomic E-state index is 11.9. The third kappa shape index (κ3) is 9.62. The summed E-state index contributed by atoms with van der Waals surface area (Å²) in [5, 5.41) is 23.8. The van der Waals surface area contributed by atoms with Crippen molar-refractivity contribution < 1.29 is 24.5 Å². The Labute approximate surface area is 199 Å². The number of rotatable bonds is 15. The van der Waals surface area contributed by atoms with E-state index < -0.39 is 5.60 Å². The molecule has 188 valence electrons. The van der Waals surface area contributed by atoms with Crippen LogP contribution < -0.4 is 5.32 Å². The Morgan fingerprint density at radius 3 is 2.76 bits per heavy atom. The standard InChI is InChI=1S/C27H45NO5/c1-4-6-14-27(3,32)15-9-11-22-23-18-20(17-21(23)19-24(22)29)10-7-8-12-25(30)28-16-13-26(31)33-5-2/h9,11,17,21-24,29,32H,4-8,10,12-16,18-19H2,1-3H3,(H,28,30)/t21-,22+,23-,24+,27-/m0/s1. The van der Waals surface area contributed by atoms with Crippen LogP contribution in [0.2, 0.25) is 0 Å². The fraction of sp³-hybridized carbons (Fsp3) is 0.778. The molecule has 2 rings (SSSR count). The van der Waals surface area contributed by atoms with Crippen LogP contribution in [0.3, 0.4) is 0 Å². The van der Waals surface area contributed by atoms with Gasteiger partial charge in [-0.2, -0.15) is 0 Å². The fourth-order valence-electron chi connectivity index (χ4n) is 5.19. The number of hydrogen-bond donors (Lipinski definition) is 3. The van der Waals surface area contributed by atoms with Gasteiger partial charge >= 0.3 is 5.97 Å². The molecule has 1 saturated carbocycles. The topological polar surface area (TPSA) is 95.9 Å². The second-order valence-corrected chi connectivity index (χ2v) is 10.1.